The van der Waals surface area contributed by atoms with Crippen LogP contribution >= 0.6 is 0 Å². The Bertz CT molecular complexity index is 1860. The van der Waals surface area contributed by atoms with Crippen molar-refractivity contribution in [3.05, 3.63) is 77.9 Å². The Morgan fingerprint density at radius 2 is 1.89 bits per heavy atom. The molecule has 2 unspecified atom stereocenters. The fourth-order valence-corrected chi connectivity index (χ4v) is 6.75. The van der Waals surface area contributed by atoms with Gasteiger partial charge in [0.2, 0.25) is 5.91 Å². The maximum absolute atomic E-state index is 17.3. The molecule has 0 aliphatic carbocycles. The zero-order chi connectivity index (χ0) is 32.3. The lowest BCUT2D eigenvalue weighted by atomic mass is 9.86. The van der Waals surface area contributed by atoms with Crippen LogP contribution in [0.3, 0.4) is 0 Å². The molecular formula is C35H34F3N3O4. The smallest absolute Gasteiger partial charge is 0.246 e. The first-order chi connectivity index (χ1) is 21.5. The lowest BCUT2D eigenvalue weighted by Crippen LogP contribution is -2.61. The number of aryl methyl sites for hydroxylation is 1. The summed E-state index contributed by atoms with van der Waals surface area (Å²) in [5.74, 6) is -3.46. The van der Waals surface area contributed by atoms with Crippen LogP contribution in [-0.4, -0.2) is 59.8 Å². The van der Waals surface area contributed by atoms with E-state index in [0.717, 1.165) is 11.6 Å². The van der Waals surface area contributed by atoms with Gasteiger partial charge >= 0.3 is 0 Å². The van der Waals surface area contributed by atoms with Gasteiger partial charge in [-0.3, -0.25) is 9.78 Å². The van der Waals surface area contributed by atoms with Gasteiger partial charge in [0.15, 0.2) is 11.5 Å². The number of hydrogen-bond acceptors (Lipinski definition) is 6. The van der Waals surface area contributed by atoms with Crippen molar-refractivity contribution in [3.63, 3.8) is 0 Å². The number of benzene rings is 3. The van der Waals surface area contributed by atoms with Crippen molar-refractivity contribution in [3.8, 4) is 39.5 Å². The third-order valence-corrected chi connectivity index (χ3v) is 8.81. The molecule has 10 heteroatoms. The Balaban J connectivity index is 1.76. The Morgan fingerprint density at radius 3 is 2.56 bits per heavy atom. The number of carbonyl (C=O) groups is 1. The molecular weight excluding hydrogens is 583 g/mol. The van der Waals surface area contributed by atoms with E-state index in [1.54, 1.807) is 17.2 Å². The molecule has 0 saturated carbocycles. The Hall–Kier alpha value is -4.73. The van der Waals surface area contributed by atoms with Crippen LogP contribution in [-0.2, 0) is 4.79 Å². The maximum atomic E-state index is 17.3. The number of phenolic OH excluding ortho intramolecular Hbond substituents is 1. The van der Waals surface area contributed by atoms with Gasteiger partial charge in [0.25, 0.3) is 0 Å². The molecule has 0 spiro atoms. The third kappa shape index (κ3) is 4.65. The molecule has 7 nitrogen and oxygen atoms in total. The molecule has 2 aliphatic rings. The number of pyridine rings is 1. The quantitative estimate of drug-likeness (QED) is 0.241. The van der Waals surface area contributed by atoms with Gasteiger partial charge in [0, 0.05) is 47.2 Å². The van der Waals surface area contributed by atoms with E-state index < -0.39 is 34.3 Å². The van der Waals surface area contributed by atoms with Crippen LogP contribution in [0, 0.1) is 24.4 Å². The second-order valence-electron chi connectivity index (χ2n) is 11.9. The van der Waals surface area contributed by atoms with Crippen LogP contribution in [0.25, 0.3) is 33.0 Å². The second kappa shape index (κ2) is 11.3. The summed E-state index contributed by atoms with van der Waals surface area (Å²) < 4.78 is 61.0. The zero-order valence-electron chi connectivity index (χ0n) is 25.7. The molecule has 4 aromatic rings. The molecule has 3 heterocycles. The summed E-state index contributed by atoms with van der Waals surface area (Å²) in [6.45, 7) is 12.2. The third-order valence-electron chi connectivity index (χ3n) is 8.81. The van der Waals surface area contributed by atoms with Gasteiger partial charge in [-0.1, -0.05) is 26.5 Å². The highest BCUT2D eigenvalue weighted by atomic mass is 19.1. The molecule has 1 fully saturated rings. The number of rotatable bonds is 5. The molecule has 1 amide bonds. The number of nitrogens with zero attached hydrogens (tertiary/aromatic N) is 3. The fourth-order valence-electron chi connectivity index (χ4n) is 6.75. The van der Waals surface area contributed by atoms with Crippen molar-refractivity contribution in [2.24, 2.45) is 0 Å². The second-order valence-corrected chi connectivity index (χ2v) is 11.9. The first kappa shape index (κ1) is 30.3. The van der Waals surface area contributed by atoms with Crippen LogP contribution in [0.15, 0.2) is 49.2 Å². The molecule has 2 aliphatic heterocycles. The maximum Gasteiger partial charge on any atom is 0.246 e. The molecule has 0 radical (unpaired) electrons. The molecule has 1 aromatic heterocycles. The minimum Gasteiger partial charge on any atom is -0.507 e. The molecule has 6 rings (SSSR count). The zero-order valence-corrected chi connectivity index (χ0v) is 25.7. The summed E-state index contributed by atoms with van der Waals surface area (Å²) >= 11 is 0. The topological polar surface area (TPSA) is 75.1 Å². The van der Waals surface area contributed by atoms with Gasteiger partial charge in [-0.25, -0.2) is 13.2 Å². The van der Waals surface area contributed by atoms with E-state index >= 15 is 13.2 Å². The number of carbonyl (C=O) groups excluding carboxylic acids is 1. The van der Waals surface area contributed by atoms with Crippen LogP contribution < -0.4 is 14.4 Å². The van der Waals surface area contributed by atoms with Crippen molar-refractivity contribution < 1.29 is 32.5 Å². The summed E-state index contributed by atoms with van der Waals surface area (Å²) in [6, 6.07) is 5.87. The number of hydrogen-bond donors (Lipinski definition) is 1. The number of fused-ring (bicyclic) bond motifs is 5. The number of amides is 1. The van der Waals surface area contributed by atoms with Gasteiger partial charge in [-0.05, 0) is 55.7 Å². The van der Waals surface area contributed by atoms with Crippen molar-refractivity contribution in [1.29, 1.82) is 0 Å². The molecule has 3 aromatic carbocycles. The predicted molar refractivity (Wildman–Crippen MR) is 168 cm³/mol. The van der Waals surface area contributed by atoms with E-state index in [0.29, 0.717) is 41.3 Å². The average Bonchev–Trinajstić information content (AvgIpc) is 3.00. The summed E-state index contributed by atoms with van der Waals surface area (Å²) in [4.78, 5) is 20.9. The largest absolute Gasteiger partial charge is 0.507 e. The molecule has 45 heavy (non-hydrogen) atoms. The number of ether oxygens (including phenoxy) is 2. The van der Waals surface area contributed by atoms with Crippen LogP contribution in [0.2, 0.25) is 0 Å². The number of aromatic nitrogens is 1. The van der Waals surface area contributed by atoms with E-state index in [1.807, 2.05) is 32.6 Å². The monoisotopic (exact) mass is 617 g/mol. The minimum atomic E-state index is -1.06. The molecule has 2 atom stereocenters. The van der Waals surface area contributed by atoms with E-state index in [-0.39, 0.29) is 47.0 Å². The lowest BCUT2D eigenvalue weighted by molar-refractivity contribution is -0.129. The highest BCUT2D eigenvalue weighted by Crippen LogP contribution is 2.56. The van der Waals surface area contributed by atoms with Gasteiger partial charge < -0.3 is 24.4 Å². The van der Waals surface area contributed by atoms with Crippen molar-refractivity contribution in [1.82, 2.24) is 9.88 Å². The normalized spacial score (nSPS) is 17.6. The molecule has 0 bridgehead atoms. The van der Waals surface area contributed by atoms with Crippen LogP contribution in [0.1, 0.15) is 37.9 Å². The number of phenols is 1. The first-order valence-electron chi connectivity index (χ1n) is 14.8. The Morgan fingerprint density at radius 1 is 1.13 bits per heavy atom. The van der Waals surface area contributed by atoms with Crippen molar-refractivity contribution in [2.75, 3.05) is 31.7 Å². The summed E-state index contributed by atoms with van der Waals surface area (Å²) in [7, 11) is 1.45. The fraction of sp³-hybridized carbons (Fsp3) is 0.314. The average molecular weight is 618 g/mol. The number of halogens is 3. The lowest BCUT2D eigenvalue weighted by Gasteiger charge is -2.49. The molecule has 1 N–H and O–H groups in total. The number of aromatic hydroxyl groups is 1. The SMILES string of the molecule is C=CC(=O)N1CC2COc3c(OC)c(-c4c(C)ccnc4C(C)C)c4c(F)c(-c5c(O)cccc5F)c(F)cc4c3N2CC1C. The number of anilines is 1. The van der Waals surface area contributed by atoms with Gasteiger partial charge in [0.05, 0.1) is 35.7 Å². The molecule has 234 valence electrons. The summed E-state index contributed by atoms with van der Waals surface area (Å²) in [5, 5.41) is 10.8. The van der Waals surface area contributed by atoms with Gasteiger partial charge in [-0.2, -0.15) is 0 Å². The standard InChI is InChI=1S/C35H34F3N3O4/c1-7-25(43)40-15-20-16-45-35-33(41(20)14-19(40)5)21-13-23(37)29(28-22(36)9-8-10-24(28)42)31(38)27(21)30(34(35)44-6)26-18(4)11-12-39-32(26)17(2)3/h7-13,17,19-20,42H,1,14-16H2,2-6H3. The first-order valence-corrected chi connectivity index (χ1v) is 14.8. The highest BCUT2D eigenvalue weighted by Gasteiger charge is 2.42. The number of piperazine rings is 1. The van der Waals surface area contributed by atoms with Crippen LogP contribution in [0.5, 0.6) is 17.2 Å². The van der Waals surface area contributed by atoms with E-state index in [9.17, 15) is 9.90 Å². The van der Waals surface area contributed by atoms with Crippen molar-refractivity contribution >= 4 is 22.4 Å². The van der Waals surface area contributed by atoms with Crippen molar-refractivity contribution in [2.45, 2.75) is 45.7 Å². The minimum absolute atomic E-state index is 0.0239. The Kier molecular flexibility index (Phi) is 7.62. The van der Waals surface area contributed by atoms with Gasteiger partial charge in [-0.15, -0.1) is 0 Å². The number of methoxy groups -OCH3 is 1. The van der Waals surface area contributed by atoms with E-state index in [2.05, 4.69) is 11.6 Å². The summed E-state index contributed by atoms with van der Waals surface area (Å²) in [5.41, 5.74) is 1.45. The van der Waals surface area contributed by atoms with E-state index in [1.165, 1.54) is 31.4 Å². The van der Waals surface area contributed by atoms with E-state index in [4.69, 9.17) is 9.47 Å². The van der Waals surface area contributed by atoms with Gasteiger partial charge in [0.1, 0.15) is 29.8 Å². The summed E-state index contributed by atoms with van der Waals surface area (Å²) in [6.07, 6.45) is 2.94. The Labute approximate surface area is 259 Å². The van der Waals surface area contributed by atoms with Crippen LogP contribution in [0.4, 0.5) is 18.9 Å². The molecule has 1 saturated heterocycles. The highest BCUT2D eigenvalue weighted by molar-refractivity contribution is 6.12. The predicted octanol–water partition coefficient (Wildman–Crippen LogP) is 7.12.